The summed E-state index contributed by atoms with van der Waals surface area (Å²) in [6.45, 7) is 2.56. The third-order valence-electron chi connectivity index (χ3n) is 2.24. The highest BCUT2D eigenvalue weighted by molar-refractivity contribution is 5.77. The molecule has 18 heavy (non-hydrogen) atoms. The Morgan fingerprint density at radius 1 is 1.00 bits per heavy atom. The number of ether oxygens (including phenoxy) is 2. The highest BCUT2D eigenvalue weighted by Crippen LogP contribution is 2.03. The van der Waals surface area contributed by atoms with E-state index in [9.17, 15) is 9.59 Å². The first kappa shape index (κ1) is 14.2. The topological polar surface area (TPSA) is 52.6 Å². The van der Waals surface area contributed by atoms with Gasteiger partial charge < -0.3 is 9.47 Å². The number of esters is 2. The molecule has 4 nitrogen and oxygen atoms in total. The van der Waals surface area contributed by atoms with Gasteiger partial charge in [-0.15, -0.1) is 0 Å². The maximum atomic E-state index is 11.4. The molecule has 0 unspecified atom stereocenters. The molecule has 0 fully saturated rings. The summed E-state index contributed by atoms with van der Waals surface area (Å²) in [4.78, 5) is 22.5. The summed E-state index contributed by atoms with van der Waals surface area (Å²) in [5.41, 5.74) is 0.930. The first-order valence-corrected chi connectivity index (χ1v) is 6.07. The molecule has 0 aliphatic carbocycles. The van der Waals surface area contributed by atoms with Crippen molar-refractivity contribution in [3.05, 3.63) is 35.9 Å². The Hall–Kier alpha value is -1.84. The van der Waals surface area contributed by atoms with E-state index in [1.165, 1.54) is 0 Å². The van der Waals surface area contributed by atoms with Gasteiger partial charge in [0.2, 0.25) is 0 Å². The minimum absolute atomic E-state index is 0.0649. The molecule has 0 aliphatic rings. The molecule has 1 aromatic rings. The van der Waals surface area contributed by atoms with E-state index in [1.54, 1.807) is 0 Å². The molecule has 0 bridgehead atoms. The molecule has 0 spiro atoms. The van der Waals surface area contributed by atoms with Crippen LogP contribution >= 0.6 is 0 Å². The lowest BCUT2D eigenvalue weighted by molar-refractivity contribution is -0.151. The van der Waals surface area contributed by atoms with Gasteiger partial charge in [0.15, 0.2) is 0 Å². The molecule has 0 saturated carbocycles. The van der Waals surface area contributed by atoms with Crippen molar-refractivity contribution in [1.29, 1.82) is 0 Å². The predicted molar refractivity (Wildman–Crippen MR) is 66.7 cm³/mol. The lowest BCUT2D eigenvalue weighted by atomic mass is 10.2. The van der Waals surface area contributed by atoms with Gasteiger partial charge in [0, 0.05) is 0 Å². The number of carbonyl (C=O) groups is 2. The summed E-state index contributed by atoms with van der Waals surface area (Å²) in [5.74, 6) is -0.735. The SMILES string of the molecule is CCCOC(=O)CCC(=O)OCc1ccccc1. The molecule has 98 valence electrons. The Kier molecular flexibility index (Phi) is 6.54. The van der Waals surface area contributed by atoms with Crippen LogP contribution in [0.1, 0.15) is 31.7 Å². The zero-order valence-electron chi connectivity index (χ0n) is 10.6. The van der Waals surface area contributed by atoms with Crippen molar-refractivity contribution < 1.29 is 19.1 Å². The van der Waals surface area contributed by atoms with E-state index in [1.807, 2.05) is 37.3 Å². The summed E-state index contributed by atoms with van der Waals surface area (Å²) in [6, 6.07) is 9.41. The number of hydrogen-bond acceptors (Lipinski definition) is 4. The molecule has 0 radical (unpaired) electrons. The maximum absolute atomic E-state index is 11.4. The third-order valence-corrected chi connectivity index (χ3v) is 2.24. The molecule has 4 heteroatoms. The zero-order valence-corrected chi connectivity index (χ0v) is 10.6. The molecular weight excluding hydrogens is 232 g/mol. The van der Waals surface area contributed by atoms with Crippen molar-refractivity contribution >= 4 is 11.9 Å². The normalized spacial score (nSPS) is 9.83. The monoisotopic (exact) mass is 250 g/mol. The molecule has 1 rings (SSSR count). The largest absolute Gasteiger partial charge is 0.466 e. The molecule has 0 aliphatic heterocycles. The second-order valence-electron chi connectivity index (χ2n) is 3.87. The molecule has 0 aromatic heterocycles. The van der Waals surface area contributed by atoms with Crippen LogP contribution in [0, 0.1) is 0 Å². The lowest BCUT2D eigenvalue weighted by Gasteiger charge is -2.05. The minimum Gasteiger partial charge on any atom is -0.466 e. The van der Waals surface area contributed by atoms with Crippen LogP contribution in [0.2, 0.25) is 0 Å². The standard InChI is InChI=1S/C14H18O4/c1-2-10-17-13(15)8-9-14(16)18-11-12-6-4-3-5-7-12/h3-7H,2,8-11H2,1H3. The predicted octanol–water partition coefficient (Wildman–Crippen LogP) is 2.46. The zero-order chi connectivity index (χ0) is 13.2. The summed E-state index contributed by atoms with van der Waals surface area (Å²) in [5, 5.41) is 0. The fourth-order valence-electron chi connectivity index (χ4n) is 1.30. The van der Waals surface area contributed by atoms with Crippen LogP contribution < -0.4 is 0 Å². The number of rotatable bonds is 7. The van der Waals surface area contributed by atoms with Crippen LogP contribution in [0.3, 0.4) is 0 Å². The lowest BCUT2D eigenvalue weighted by Crippen LogP contribution is -2.10. The first-order chi connectivity index (χ1) is 8.72. The van der Waals surface area contributed by atoms with Gasteiger partial charge in [0.25, 0.3) is 0 Å². The van der Waals surface area contributed by atoms with E-state index < -0.39 is 0 Å². The van der Waals surface area contributed by atoms with Crippen LogP contribution in [-0.2, 0) is 25.7 Å². The molecule has 0 N–H and O–H groups in total. The van der Waals surface area contributed by atoms with E-state index in [0.717, 1.165) is 12.0 Å². The molecule has 0 atom stereocenters. The van der Waals surface area contributed by atoms with Crippen molar-refractivity contribution in [2.75, 3.05) is 6.61 Å². The highest BCUT2D eigenvalue weighted by Gasteiger charge is 2.08. The van der Waals surface area contributed by atoms with Crippen LogP contribution in [-0.4, -0.2) is 18.5 Å². The average molecular weight is 250 g/mol. The van der Waals surface area contributed by atoms with Crippen LogP contribution in [0.15, 0.2) is 30.3 Å². The van der Waals surface area contributed by atoms with Gasteiger partial charge in [0.1, 0.15) is 6.61 Å². The maximum Gasteiger partial charge on any atom is 0.306 e. The van der Waals surface area contributed by atoms with Crippen LogP contribution in [0.4, 0.5) is 0 Å². The number of benzene rings is 1. The van der Waals surface area contributed by atoms with Gasteiger partial charge in [-0.3, -0.25) is 9.59 Å². The smallest absolute Gasteiger partial charge is 0.306 e. The Morgan fingerprint density at radius 2 is 1.61 bits per heavy atom. The van der Waals surface area contributed by atoms with Crippen LogP contribution in [0.5, 0.6) is 0 Å². The van der Waals surface area contributed by atoms with Crippen molar-refractivity contribution in [3.8, 4) is 0 Å². The van der Waals surface area contributed by atoms with Gasteiger partial charge in [-0.2, -0.15) is 0 Å². The number of carbonyl (C=O) groups excluding carboxylic acids is 2. The molecule has 0 saturated heterocycles. The third kappa shape index (κ3) is 6.03. The fourth-order valence-corrected chi connectivity index (χ4v) is 1.30. The Balaban J connectivity index is 2.16. The first-order valence-electron chi connectivity index (χ1n) is 6.07. The average Bonchev–Trinajstić information content (AvgIpc) is 2.41. The Bertz CT molecular complexity index is 373. The number of hydrogen-bond donors (Lipinski definition) is 0. The van der Waals surface area contributed by atoms with E-state index >= 15 is 0 Å². The van der Waals surface area contributed by atoms with Gasteiger partial charge >= 0.3 is 11.9 Å². The van der Waals surface area contributed by atoms with Crippen molar-refractivity contribution in [2.24, 2.45) is 0 Å². The Morgan fingerprint density at radius 3 is 2.22 bits per heavy atom. The molecule has 1 aromatic carbocycles. The van der Waals surface area contributed by atoms with E-state index in [2.05, 4.69) is 0 Å². The van der Waals surface area contributed by atoms with Crippen molar-refractivity contribution in [1.82, 2.24) is 0 Å². The summed E-state index contributed by atoms with van der Waals surface area (Å²) < 4.78 is 9.89. The Labute approximate surface area is 107 Å². The molecule has 0 amide bonds. The molecular formula is C14H18O4. The molecule has 0 heterocycles. The van der Waals surface area contributed by atoms with E-state index in [4.69, 9.17) is 9.47 Å². The van der Waals surface area contributed by atoms with Gasteiger partial charge in [-0.1, -0.05) is 37.3 Å². The van der Waals surface area contributed by atoms with Gasteiger partial charge in [0.05, 0.1) is 19.4 Å². The van der Waals surface area contributed by atoms with Crippen molar-refractivity contribution in [3.63, 3.8) is 0 Å². The summed E-state index contributed by atoms with van der Waals surface area (Å²) in [7, 11) is 0. The second kappa shape index (κ2) is 8.28. The quantitative estimate of drug-likeness (QED) is 0.697. The minimum atomic E-state index is -0.382. The van der Waals surface area contributed by atoms with E-state index in [0.29, 0.717) is 6.61 Å². The van der Waals surface area contributed by atoms with Gasteiger partial charge in [-0.25, -0.2) is 0 Å². The summed E-state index contributed by atoms with van der Waals surface area (Å²) in [6.07, 6.45) is 0.924. The van der Waals surface area contributed by atoms with Crippen LogP contribution in [0.25, 0.3) is 0 Å². The van der Waals surface area contributed by atoms with E-state index in [-0.39, 0.29) is 31.4 Å². The highest BCUT2D eigenvalue weighted by atomic mass is 16.5. The van der Waals surface area contributed by atoms with Crippen molar-refractivity contribution in [2.45, 2.75) is 32.8 Å². The summed E-state index contributed by atoms with van der Waals surface area (Å²) >= 11 is 0. The van der Waals surface area contributed by atoms with Gasteiger partial charge in [-0.05, 0) is 12.0 Å². The second-order valence-corrected chi connectivity index (χ2v) is 3.87. The fraction of sp³-hybridized carbons (Fsp3) is 0.429.